The van der Waals surface area contributed by atoms with Gasteiger partial charge in [0.2, 0.25) is 16.0 Å². The highest BCUT2D eigenvalue weighted by Gasteiger charge is 2.34. The molecule has 8 heteroatoms. The van der Waals surface area contributed by atoms with Gasteiger partial charge in [0.25, 0.3) is 0 Å². The van der Waals surface area contributed by atoms with Crippen LogP contribution in [0.4, 0.5) is 5.95 Å². The Labute approximate surface area is 115 Å². The van der Waals surface area contributed by atoms with E-state index in [-0.39, 0.29) is 5.75 Å². The average molecular weight is 335 g/mol. The second-order valence-electron chi connectivity index (χ2n) is 4.19. The number of rotatable bonds is 5. The highest BCUT2D eigenvalue weighted by molar-refractivity contribution is 9.10. The molecule has 1 saturated heterocycles. The van der Waals surface area contributed by atoms with Crippen LogP contribution in [0.5, 0.6) is 0 Å². The van der Waals surface area contributed by atoms with Crippen molar-refractivity contribution in [3.63, 3.8) is 0 Å². The van der Waals surface area contributed by atoms with E-state index >= 15 is 0 Å². The molecule has 100 valence electrons. The first kappa shape index (κ1) is 13.7. The van der Waals surface area contributed by atoms with Crippen molar-refractivity contribution < 1.29 is 8.42 Å². The van der Waals surface area contributed by atoms with Gasteiger partial charge in [-0.25, -0.2) is 22.7 Å². The van der Waals surface area contributed by atoms with Crippen molar-refractivity contribution in [2.45, 2.75) is 6.92 Å². The molecule has 1 fully saturated rings. The van der Waals surface area contributed by atoms with Crippen LogP contribution in [0.3, 0.4) is 0 Å². The Bertz CT molecular complexity index is 499. The van der Waals surface area contributed by atoms with Crippen LogP contribution in [0.25, 0.3) is 0 Å². The summed E-state index contributed by atoms with van der Waals surface area (Å²) in [5, 5.41) is 3.10. The molecular weight excluding hydrogens is 320 g/mol. The lowest BCUT2D eigenvalue weighted by atomic mass is 10.0. The first-order chi connectivity index (χ1) is 8.51. The molecule has 1 aromatic heterocycles. The second kappa shape index (κ2) is 5.50. The van der Waals surface area contributed by atoms with Gasteiger partial charge in [-0.3, -0.25) is 0 Å². The highest BCUT2D eigenvalue weighted by Crippen LogP contribution is 2.20. The minimum atomic E-state index is -3.01. The molecule has 1 aliphatic heterocycles. The summed E-state index contributed by atoms with van der Waals surface area (Å²) in [5.74, 6) is 1.07. The summed E-state index contributed by atoms with van der Waals surface area (Å²) < 4.78 is 25.4. The highest BCUT2D eigenvalue weighted by atomic mass is 79.9. The zero-order chi connectivity index (χ0) is 13.2. The van der Waals surface area contributed by atoms with Gasteiger partial charge in [0.1, 0.15) is 0 Å². The molecule has 0 radical (unpaired) electrons. The van der Waals surface area contributed by atoms with Crippen LogP contribution < -0.4 is 5.32 Å². The monoisotopic (exact) mass is 334 g/mol. The lowest BCUT2D eigenvalue weighted by Gasteiger charge is -2.37. The Morgan fingerprint density at radius 2 is 2.06 bits per heavy atom. The fourth-order valence-corrected chi connectivity index (χ4v) is 3.15. The number of nitrogens with one attached hydrogen (secondary N) is 1. The van der Waals surface area contributed by atoms with Gasteiger partial charge in [0, 0.05) is 37.9 Å². The van der Waals surface area contributed by atoms with Crippen LogP contribution in [0.2, 0.25) is 0 Å². The van der Waals surface area contributed by atoms with Gasteiger partial charge in [-0.15, -0.1) is 0 Å². The Morgan fingerprint density at radius 1 is 1.44 bits per heavy atom. The number of anilines is 1. The van der Waals surface area contributed by atoms with E-state index in [0.717, 1.165) is 4.47 Å². The third kappa shape index (κ3) is 3.18. The standard InChI is InChI=1S/C10H15BrN4O2S/c1-2-18(16,17)15-6-8(7-15)3-12-10-13-4-9(11)5-14-10/h4-5,8H,2-3,6-7H2,1H3,(H,12,13,14). The predicted molar refractivity (Wildman–Crippen MR) is 72.7 cm³/mol. The second-order valence-corrected chi connectivity index (χ2v) is 7.36. The predicted octanol–water partition coefficient (Wildman–Crippen LogP) is 0.932. The molecular formula is C10H15BrN4O2S. The average Bonchev–Trinajstić information content (AvgIpc) is 2.29. The molecule has 1 aliphatic rings. The summed E-state index contributed by atoms with van der Waals surface area (Å²) >= 11 is 3.26. The summed E-state index contributed by atoms with van der Waals surface area (Å²) in [6, 6.07) is 0. The number of hydrogen-bond donors (Lipinski definition) is 1. The molecule has 0 aliphatic carbocycles. The summed E-state index contributed by atoms with van der Waals surface area (Å²) in [6.45, 7) is 3.52. The van der Waals surface area contributed by atoms with Gasteiger partial charge in [0.15, 0.2) is 0 Å². The quantitative estimate of drug-likeness (QED) is 0.867. The largest absolute Gasteiger partial charge is 0.354 e. The fourth-order valence-electron chi connectivity index (χ4n) is 1.70. The summed E-state index contributed by atoms with van der Waals surface area (Å²) in [6.07, 6.45) is 3.34. The molecule has 18 heavy (non-hydrogen) atoms. The molecule has 0 amide bonds. The van der Waals surface area contributed by atoms with Crippen LogP contribution >= 0.6 is 15.9 Å². The van der Waals surface area contributed by atoms with Crippen molar-refractivity contribution in [3.05, 3.63) is 16.9 Å². The van der Waals surface area contributed by atoms with E-state index in [2.05, 4.69) is 31.2 Å². The van der Waals surface area contributed by atoms with E-state index in [0.29, 0.717) is 31.5 Å². The lowest BCUT2D eigenvalue weighted by molar-refractivity contribution is 0.211. The zero-order valence-electron chi connectivity index (χ0n) is 10.0. The van der Waals surface area contributed by atoms with E-state index in [4.69, 9.17) is 0 Å². The first-order valence-corrected chi connectivity index (χ1v) is 8.10. The van der Waals surface area contributed by atoms with Crippen LogP contribution in [-0.2, 0) is 10.0 Å². The van der Waals surface area contributed by atoms with Gasteiger partial charge in [0.05, 0.1) is 10.2 Å². The summed E-state index contributed by atoms with van der Waals surface area (Å²) in [4.78, 5) is 8.18. The molecule has 2 rings (SSSR count). The number of aromatic nitrogens is 2. The van der Waals surface area contributed by atoms with Gasteiger partial charge in [-0.2, -0.15) is 0 Å². The third-order valence-corrected chi connectivity index (χ3v) is 5.08. The van der Waals surface area contributed by atoms with Gasteiger partial charge in [-0.05, 0) is 22.9 Å². The fraction of sp³-hybridized carbons (Fsp3) is 0.600. The summed E-state index contributed by atoms with van der Waals surface area (Å²) in [5.41, 5.74) is 0. The van der Waals surface area contributed by atoms with Crippen LogP contribution in [0, 0.1) is 5.92 Å². The molecule has 2 heterocycles. The number of sulfonamides is 1. The maximum absolute atomic E-state index is 11.5. The minimum Gasteiger partial charge on any atom is -0.354 e. The normalized spacial score (nSPS) is 17.4. The lowest BCUT2D eigenvalue weighted by Crippen LogP contribution is -2.52. The SMILES string of the molecule is CCS(=O)(=O)N1CC(CNc2ncc(Br)cn2)C1. The van der Waals surface area contributed by atoms with Crippen LogP contribution in [0.1, 0.15) is 6.92 Å². The van der Waals surface area contributed by atoms with E-state index in [1.54, 1.807) is 19.3 Å². The topological polar surface area (TPSA) is 75.2 Å². The van der Waals surface area contributed by atoms with Crippen LogP contribution in [-0.4, -0.2) is 48.1 Å². The van der Waals surface area contributed by atoms with Crippen molar-refractivity contribution in [2.75, 3.05) is 30.7 Å². The molecule has 0 atom stereocenters. The Balaban J connectivity index is 1.76. The van der Waals surface area contributed by atoms with Gasteiger partial charge >= 0.3 is 0 Å². The molecule has 6 nitrogen and oxygen atoms in total. The smallest absolute Gasteiger partial charge is 0.222 e. The Morgan fingerprint density at radius 3 is 2.61 bits per heavy atom. The van der Waals surface area contributed by atoms with Gasteiger partial charge in [-0.1, -0.05) is 0 Å². The number of nitrogens with zero attached hydrogens (tertiary/aromatic N) is 3. The zero-order valence-corrected chi connectivity index (χ0v) is 12.4. The minimum absolute atomic E-state index is 0.170. The molecule has 1 N–H and O–H groups in total. The molecule has 0 unspecified atom stereocenters. The number of hydrogen-bond acceptors (Lipinski definition) is 5. The molecule has 0 bridgehead atoms. The van der Waals surface area contributed by atoms with E-state index < -0.39 is 10.0 Å². The van der Waals surface area contributed by atoms with Crippen molar-refractivity contribution in [1.82, 2.24) is 14.3 Å². The molecule has 0 saturated carbocycles. The maximum atomic E-state index is 11.5. The maximum Gasteiger partial charge on any atom is 0.222 e. The van der Waals surface area contributed by atoms with E-state index in [9.17, 15) is 8.42 Å². The third-order valence-electron chi connectivity index (χ3n) is 2.85. The van der Waals surface area contributed by atoms with Crippen molar-refractivity contribution in [1.29, 1.82) is 0 Å². The van der Waals surface area contributed by atoms with E-state index in [1.165, 1.54) is 4.31 Å². The first-order valence-electron chi connectivity index (χ1n) is 5.70. The van der Waals surface area contributed by atoms with E-state index in [1.807, 2.05) is 0 Å². The van der Waals surface area contributed by atoms with Crippen molar-refractivity contribution in [2.24, 2.45) is 5.92 Å². The Kier molecular flexibility index (Phi) is 4.18. The molecule has 1 aromatic rings. The van der Waals surface area contributed by atoms with Crippen molar-refractivity contribution in [3.8, 4) is 0 Å². The number of halogens is 1. The Hall–Kier alpha value is -0.730. The molecule has 0 aromatic carbocycles. The molecule has 0 spiro atoms. The summed E-state index contributed by atoms with van der Waals surface area (Å²) in [7, 11) is -3.01. The van der Waals surface area contributed by atoms with Gasteiger partial charge < -0.3 is 5.32 Å². The van der Waals surface area contributed by atoms with Crippen molar-refractivity contribution >= 4 is 31.9 Å². The van der Waals surface area contributed by atoms with Crippen LogP contribution in [0.15, 0.2) is 16.9 Å².